The molecule has 2 heterocycles. The van der Waals surface area contributed by atoms with Crippen LogP contribution in [0.1, 0.15) is 12.8 Å². The largest absolute Gasteiger partial charge is 0.378 e. The van der Waals surface area contributed by atoms with Gasteiger partial charge in [-0.2, -0.15) is 0 Å². The van der Waals surface area contributed by atoms with E-state index in [1.807, 2.05) is 30.3 Å². The molecule has 2 aliphatic rings. The molecule has 3 rings (SSSR count). The zero-order valence-electron chi connectivity index (χ0n) is 13.8. The minimum absolute atomic E-state index is 0. The number of anilines is 1. The Labute approximate surface area is 148 Å². The molecule has 0 bridgehead atoms. The van der Waals surface area contributed by atoms with Gasteiger partial charge in [0.05, 0.1) is 13.2 Å². The van der Waals surface area contributed by atoms with Crippen molar-refractivity contribution in [2.75, 3.05) is 38.3 Å². The van der Waals surface area contributed by atoms with Crippen molar-refractivity contribution < 1.29 is 14.3 Å². The van der Waals surface area contributed by atoms with Crippen molar-refractivity contribution >= 4 is 29.9 Å². The van der Waals surface area contributed by atoms with Crippen molar-refractivity contribution in [1.82, 2.24) is 10.2 Å². The van der Waals surface area contributed by atoms with E-state index in [2.05, 4.69) is 5.32 Å². The van der Waals surface area contributed by atoms with Gasteiger partial charge in [0.15, 0.2) is 0 Å². The predicted octanol–water partition coefficient (Wildman–Crippen LogP) is 1.05. The van der Waals surface area contributed by atoms with Gasteiger partial charge in [0, 0.05) is 25.8 Å². The summed E-state index contributed by atoms with van der Waals surface area (Å²) in [5, 5.41) is 3.16. The Bertz CT molecular complexity index is 563. The number of likely N-dealkylation sites (N-methyl/N-ethyl adjacent to an activating group) is 1. The van der Waals surface area contributed by atoms with Crippen LogP contribution in [0.2, 0.25) is 0 Å². The Morgan fingerprint density at radius 2 is 2.08 bits per heavy atom. The third-order valence-electron chi connectivity index (χ3n) is 4.51. The van der Waals surface area contributed by atoms with E-state index in [1.165, 1.54) is 0 Å². The van der Waals surface area contributed by atoms with Gasteiger partial charge >= 0.3 is 0 Å². The fourth-order valence-electron chi connectivity index (χ4n) is 3.20. The average Bonchev–Trinajstić information content (AvgIpc) is 2.62. The normalized spacial score (nSPS) is 24.2. The highest BCUT2D eigenvalue weighted by molar-refractivity contribution is 6.00. The molecule has 2 saturated heterocycles. The van der Waals surface area contributed by atoms with Gasteiger partial charge in [0.25, 0.3) is 0 Å². The van der Waals surface area contributed by atoms with Gasteiger partial charge in [-0.05, 0) is 25.0 Å². The quantitative estimate of drug-likeness (QED) is 0.882. The van der Waals surface area contributed by atoms with Gasteiger partial charge in [0.1, 0.15) is 12.1 Å². The summed E-state index contributed by atoms with van der Waals surface area (Å²) < 4.78 is 5.35. The highest BCUT2D eigenvalue weighted by atomic mass is 35.5. The van der Waals surface area contributed by atoms with E-state index in [1.54, 1.807) is 16.8 Å². The lowest BCUT2D eigenvalue weighted by Gasteiger charge is -2.38. The Hall–Kier alpha value is -1.63. The molecule has 2 atom stereocenters. The van der Waals surface area contributed by atoms with Gasteiger partial charge in [-0.25, -0.2) is 0 Å². The lowest BCUT2D eigenvalue weighted by atomic mass is 10.0. The van der Waals surface area contributed by atoms with Crippen LogP contribution in [0.25, 0.3) is 0 Å². The number of rotatable bonds is 3. The van der Waals surface area contributed by atoms with Gasteiger partial charge in [-0.15, -0.1) is 12.4 Å². The van der Waals surface area contributed by atoms with E-state index in [4.69, 9.17) is 4.74 Å². The Balaban J connectivity index is 0.00000208. The van der Waals surface area contributed by atoms with Gasteiger partial charge in [0.2, 0.25) is 11.8 Å². The maximum absolute atomic E-state index is 12.8. The zero-order valence-corrected chi connectivity index (χ0v) is 14.6. The minimum Gasteiger partial charge on any atom is -0.378 e. The predicted molar refractivity (Wildman–Crippen MR) is 94.4 cm³/mol. The molecule has 2 amide bonds. The van der Waals surface area contributed by atoms with E-state index >= 15 is 0 Å². The fourth-order valence-corrected chi connectivity index (χ4v) is 3.20. The molecule has 7 heteroatoms. The molecular formula is C17H24ClN3O3. The molecule has 2 fully saturated rings. The van der Waals surface area contributed by atoms with Crippen LogP contribution in [0.3, 0.4) is 0 Å². The Morgan fingerprint density at radius 3 is 2.75 bits per heavy atom. The van der Waals surface area contributed by atoms with Crippen LogP contribution in [-0.4, -0.2) is 62.1 Å². The third-order valence-corrected chi connectivity index (χ3v) is 4.51. The van der Waals surface area contributed by atoms with Crippen molar-refractivity contribution in [1.29, 1.82) is 0 Å². The van der Waals surface area contributed by atoms with Crippen LogP contribution in [-0.2, 0) is 14.3 Å². The van der Waals surface area contributed by atoms with Gasteiger partial charge < -0.3 is 19.9 Å². The lowest BCUT2D eigenvalue weighted by molar-refractivity contribution is -0.142. The first-order chi connectivity index (χ1) is 11.2. The number of amides is 2. The number of hydrogen-bond acceptors (Lipinski definition) is 4. The van der Waals surface area contributed by atoms with Crippen molar-refractivity contribution in [2.45, 2.75) is 24.9 Å². The SMILES string of the molecule is CN(C(=O)C1COCCN1)C1CCCN(c2ccccc2)C1=O.Cl. The molecule has 1 aromatic carbocycles. The first kappa shape index (κ1) is 18.7. The van der Waals surface area contributed by atoms with E-state index in [-0.39, 0.29) is 30.3 Å². The number of morpholine rings is 1. The lowest BCUT2D eigenvalue weighted by Crippen LogP contribution is -2.58. The van der Waals surface area contributed by atoms with Crippen molar-refractivity contribution in [3.8, 4) is 0 Å². The van der Waals surface area contributed by atoms with Gasteiger partial charge in [-0.3, -0.25) is 9.59 Å². The van der Waals surface area contributed by atoms with E-state index < -0.39 is 6.04 Å². The molecule has 2 aliphatic heterocycles. The van der Waals surface area contributed by atoms with Crippen molar-refractivity contribution in [2.24, 2.45) is 0 Å². The average molecular weight is 354 g/mol. The number of nitrogens with one attached hydrogen (secondary N) is 1. The number of hydrogen-bond donors (Lipinski definition) is 1. The third kappa shape index (κ3) is 3.88. The van der Waals surface area contributed by atoms with E-state index in [9.17, 15) is 9.59 Å². The smallest absolute Gasteiger partial charge is 0.249 e. The molecule has 1 N–H and O–H groups in total. The summed E-state index contributed by atoms with van der Waals surface area (Å²) in [4.78, 5) is 28.8. The molecule has 1 aromatic rings. The number of piperidine rings is 1. The summed E-state index contributed by atoms with van der Waals surface area (Å²) >= 11 is 0. The first-order valence-corrected chi connectivity index (χ1v) is 8.12. The topological polar surface area (TPSA) is 61.9 Å². The van der Waals surface area contributed by atoms with Crippen LogP contribution in [0.15, 0.2) is 30.3 Å². The molecule has 132 valence electrons. The molecule has 0 radical (unpaired) electrons. The second kappa shape index (κ2) is 8.46. The highest BCUT2D eigenvalue weighted by Crippen LogP contribution is 2.23. The number of para-hydroxylation sites is 1. The number of benzene rings is 1. The summed E-state index contributed by atoms with van der Waals surface area (Å²) in [6, 6.07) is 8.88. The number of carbonyl (C=O) groups is 2. The highest BCUT2D eigenvalue weighted by Gasteiger charge is 2.36. The summed E-state index contributed by atoms with van der Waals surface area (Å²) in [5.74, 6) is -0.0759. The monoisotopic (exact) mass is 353 g/mol. The minimum atomic E-state index is -0.403. The number of halogens is 1. The van der Waals surface area contributed by atoms with Crippen LogP contribution in [0.4, 0.5) is 5.69 Å². The molecule has 2 unspecified atom stereocenters. The Kier molecular flexibility index (Phi) is 6.60. The van der Waals surface area contributed by atoms with Crippen molar-refractivity contribution in [3.63, 3.8) is 0 Å². The second-order valence-corrected chi connectivity index (χ2v) is 6.01. The fraction of sp³-hybridized carbons (Fsp3) is 0.529. The van der Waals surface area contributed by atoms with Crippen LogP contribution < -0.4 is 10.2 Å². The molecule has 6 nitrogen and oxygen atoms in total. The van der Waals surface area contributed by atoms with Crippen LogP contribution in [0, 0.1) is 0 Å². The molecular weight excluding hydrogens is 330 g/mol. The molecule has 0 spiro atoms. The molecule has 0 saturated carbocycles. The summed E-state index contributed by atoms with van der Waals surface area (Å²) in [5.41, 5.74) is 0.891. The van der Waals surface area contributed by atoms with E-state index in [0.29, 0.717) is 32.7 Å². The maximum Gasteiger partial charge on any atom is 0.249 e. The first-order valence-electron chi connectivity index (χ1n) is 8.12. The molecule has 24 heavy (non-hydrogen) atoms. The zero-order chi connectivity index (χ0) is 16.2. The molecule has 0 aromatic heterocycles. The number of carbonyl (C=O) groups excluding carboxylic acids is 2. The van der Waals surface area contributed by atoms with Crippen molar-refractivity contribution in [3.05, 3.63) is 30.3 Å². The van der Waals surface area contributed by atoms with Crippen LogP contribution >= 0.6 is 12.4 Å². The molecule has 0 aliphatic carbocycles. The summed E-state index contributed by atoms with van der Waals surface area (Å²) in [7, 11) is 1.72. The standard InChI is InChI=1S/C17H23N3O3.ClH/c1-19(16(21)14-12-23-11-9-18-14)15-8-5-10-20(17(15)22)13-6-3-2-4-7-13;/h2-4,6-7,14-15,18H,5,8-12H2,1H3;1H. The number of ether oxygens (including phenoxy) is 1. The van der Waals surface area contributed by atoms with Crippen LogP contribution in [0.5, 0.6) is 0 Å². The maximum atomic E-state index is 12.8. The number of nitrogens with zero attached hydrogens (tertiary/aromatic N) is 2. The summed E-state index contributed by atoms with van der Waals surface area (Å²) in [6.07, 6.45) is 1.59. The second-order valence-electron chi connectivity index (χ2n) is 6.01. The van der Waals surface area contributed by atoms with Gasteiger partial charge in [-0.1, -0.05) is 18.2 Å². The van der Waals surface area contributed by atoms with E-state index in [0.717, 1.165) is 12.1 Å². The Morgan fingerprint density at radius 1 is 1.33 bits per heavy atom. The summed E-state index contributed by atoms with van der Waals surface area (Å²) in [6.45, 7) is 2.36.